The number of aliphatic hydroxyl groups excluding tert-OH is 1. The average molecular weight is 364 g/mol. The minimum absolute atomic E-state index is 0.00877. The predicted octanol–water partition coefficient (Wildman–Crippen LogP) is 2.97. The Labute approximate surface area is 159 Å². The Morgan fingerprint density at radius 1 is 1.07 bits per heavy atom. The lowest BCUT2D eigenvalue weighted by Crippen LogP contribution is -2.30. The van der Waals surface area contributed by atoms with Crippen LogP contribution >= 0.6 is 0 Å². The zero-order valence-corrected chi connectivity index (χ0v) is 15.5. The molecule has 0 spiro atoms. The molecule has 3 aromatic heterocycles. The van der Waals surface area contributed by atoms with E-state index in [-0.39, 0.29) is 18.6 Å². The second-order valence-electron chi connectivity index (χ2n) is 6.56. The molecular formula is C20H24N6O. The Morgan fingerprint density at radius 2 is 1.96 bits per heavy atom. The van der Waals surface area contributed by atoms with Crippen molar-refractivity contribution in [3.8, 4) is 11.3 Å². The largest absolute Gasteiger partial charge is 0.394 e. The zero-order valence-electron chi connectivity index (χ0n) is 15.5. The van der Waals surface area contributed by atoms with Crippen LogP contribution in [0, 0.1) is 5.92 Å². The quantitative estimate of drug-likeness (QED) is 0.565. The van der Waals surface area contributed by atoms with E-state index in [9.17, 15) is 5.11 Å². The third-order valence-electron chi connectivity index (χ3n) is 4.18. The lowest BCUT2D eigenvalue weighted by molar-refractivity contribution is 0.248. The van der Waals surface area contributed by atoms with Crippen LogP contribution in [0.25, 0.3) is 11.3 Å². The van der Waals surface area contributed by atoms with E-state index >= 15 is 0 Å². The summed E-state index contributed by atoms with van der Waals surface area (Å²) in [6, 6.07) is 11.4. The number of hydrogen-bond donors (Lipinski definition) is 3. The van der Waals surface area contributed by atoms with Crippen LogP contribution in [0.3, 0.4) is 0 Å². The normalized spacial score (nSPS) is 12.0. The first-order valence-electron chi connectivity index (χ1n) is 8.96. The summed E-state index contributed by atoms with van der Waals surface area (Å²) in [6.45, 7) is 4.64. The molecule has 0 bridgehead atoms. The molecule has 0 aliphatic carbocycles. The smallest absolute Gasteiger partial charge is 0.225 e. The first-order valence-corrected chi connectivity index (χ1v) is 8.96. The number of aliphatic hydroxyl groups is 1. The lowest BCUT2D eigenvalue weighted by Gasteiger charge is -2.20. The molecule has 140 valence electrons. The Bertz CT molecular complexity index is 842. The van der Waals surface area contributed by atoms with Crippen LogP contribution in [0.15, 0.2) is 55.0 Å². The molecule has 0 aliphatic heterocycles. The number of nitrogens with zero attached hydrogens (tertiary/aromatic N) is 4. The van der Waals surface area contributed by atoms with Crippen LogP contribution in [0.2, 0.25) is 0 Å². The molecule has 3 heterocycles. The van der Waals surface area contributed by atoms with Gasteiger partial charge in [0.1, 0.15) is 5.82 Å². The van der Waals surface area contributed by atoms with Crippen LogP contribution < -0.4 is 10.6 Å². The highest BCUT2D eigenvalue weighted by atomic mass is 16.3. The summed E-state index contributed by atoms with van der Waals surface area (Å²) in [5, 5.41) is 16.1. The lowest BCUT2D eigenvalue weighted by atomic mass is 10.1. The predicted molar refractivity (Wildman–Crippen MR) is 106 cm³/mol. The van der Waals surface area contributed by atoms with Crippen molar-refractivity contribution in [1.29, 1.82) is 0 Å². The molecule has 1 atom stereocenters. The maximum atomic E-state index is 9.61. The van der Waals surface area contributed by atoms with Gasteiger partial charge in [0.05, 0.1) is 30.6 Å². The molecule has 0 amide bonds. The van der Waals surface area contributed by atoms with Gasteiger partial charge in [-0.15, -0.1) is 0 Å². The van der Waals surface area contributed by atoms with Crippen LogP contribution in [-0.2, 0) is 6.54 Å². The molecule has 0 saturated carbocycles. The Kier molecular flexibility index (Phi) is 6.27. The SMILES string of the molecule is CC(C)[C@@H](CO)Nc1nc(NCc2ccccn2)cc(-c2cccnc2)n1. The summed E-state index contributed by atoms with van der Waals surface area (Å²) in [5.74, 6) is 1.38. The van der Waals surface area contributed by atoms with Gasteiger partial charge in [-0.05, 0) is 30.2 Å². The topological polar surface area (TPSA) is 95.8 Å². The molecule has 0 saturated heterocycles. The summed E-state index contributed by atoms with van der Waals surface area (Å²) in [7, 11) is 0. The van der Waals surface area contributed by atoms with Gasteiger partial charge < -0.3 is 15.7 Å². The minimum atomic E-state index is -0.127. The molecule has 0 aliphatic rings. The third kappa shape index (κ3) is 5.21. The molecule has 27 heavy (non-hydrogen) atoms. The van der Waals surface area contributed by atoms with Crippen molar-refractivity contribution >= 4 is 11.8 Å². The highest BCUT2D eigenvalue weighted by Crippen LogP contribution is 2.22. The maximum Gasteiger partial charge on any atom is 0.225 e. The monoisotopic (exact) mass is 364 g/mol. The maximum absolute atomic E-state index is 9.61. The number of anilines is 2. The van der Waals surface area contributed by atoms with Crippen molar-refractivity contribution in [2.24, 2.45) is 5.92 Å². The second-order valence-corrected chi connectivity index (χ2v) is 6.56. The van der Waals surface area contributed by atoms with Gasteiger partial charge in [-0.25, -0.2) is 4.98 Å². The molecular weight excluding hydrogens is 340 g/mol. The van der Waals surface area contributed by atoms with E-state index in [2.05, 4.69) is 30.6 Å². The summed E-state index contributed by atoms with van der Waals surface area (Å²) >= 11 is 0. The van der Waals surface area contributed by atoms with Gasteiger partial charge in [-0.1, -0.05) is 19.9 Å². The van der Waals surface area contributed by atoms with E-state index in [1.54, 1.807) is 18.6 Å². The van der Waals surface area contributed by atoms with Crippen molar-refractivity contribution in [3.63, 3.8) is 0 Å². The van der Waals surface area contributed by atoms with Crippen molar-refractivity contribution < 1.29 is 5.11 Å². The van der Waals surface area contributed by atoms with E-state index in [0.717, 1.165) is 17.0 Å². The van der Waals surface area contributed by atoms with Crippen LogP contribution in [0.4, 0.5) is 11.8 Å². The Balaban J connectivity index is 1.88. The van der Waals surface area contributed by atoms with Crippen molar-refractivity contribution in [1.82, 2.24) is 19.9 Å². The molecule has 7 nitrogen and oxygen atoms in total. The van der Waals surface area contributed by atoms with Crippen LogP contribution in [0.5, 0.6) is 0 Å². The van der Waals surface area contributed by atoms with Gasteiger partial charge in [-0.2, -0.15) is 4.98 Å². The first-order chi connectivity index (χ1) is 13.2. The van der Waals surface area contributed by atoms with Crippen molar-refractivity contribution in [2.75, 3.05) is 17.2 Å². The zero-order chi connectivity index (χ0) is 19.1. The first kappa shape index (κ1) is 18.7. The number of nitrogens with one attached hydrogen (secondary N) is 2. The molecule has 7 heteroatoms. The summed E-state index contributed by atoms with van der Waals surface area (Å²) in [6.07, 6.45) is 5.25. The van der Waals surface area contributed by atoms with Gasteiger partial charge >= 0.3 is 0 Å². The van der Waals surface area contributed by atoms with E-state index in [1.165, 1.54) is 0 Å². The molecule has 0 aromatic carbocycles. The third-order valence-corrected chi connectivity index (χ3v) is 4.18. The number of rotatable bonds is 8. The minimum Gasteiger partial charge on any atom is -0.394 e. The summed E-state index contributed by atoms with van der Waals surface area (Å²) in [4.78, 5) is 17.6. The Hall–Kier alpha value is -3.06. The molecule has 0 unspecified atom stereocenters. The summed E-state index contributed by atoms with van der Waals surface area (Å²) in [5.41, 5.74) is 2.57. The molecule has 3 aromatic rings. The highest BCUT2D eigenvalue weighted by molar-refractivity contribution is 5.63. The van der Waals surface area contributed by atoms with Gasteiger partial charge in [0, 0.05) is 30.2 Å². The van der Waals surface area contributed by atoms with E-state index in [0.29, 0.717) is 18.3 Å². The fraction of sp³-hybridized carbons (Fsp3) is 0.300. The molecule has 0 fully saturated rings. The number of pyridine rings is 2. The summed E-state index contributed by atoms with van der Waals surface area (Å²) < 4.78 is 0. The Morgan fingerprint density at radius 3 is 2.63 bits per heavy atom. The molecule has 3 N–H and O–H groups in total. The highest BCUT2D eigenvalue weighted by Gasteiger charge is 2.15. The van der Waals surface area contributed by atoms with E-state index in [1.807, 2.05) is 50.2 Å². The van der Waals surface area contributed by atoms with E-state index < -0.39 is 0 Å². The van der Waals surface area contributed by atoms with Crippen LogP contribution in [-0.4, -0.2) is 37.7 Å². The number of hydrogen-bond acceptors (Lipinski definition) is 7. The van der Waals surface area contributed by atoms with Crippen LogP contribution in [0.1, 0.15) is 19.5 Å². The molecule has 3 rings (SSSR count). The van der Waals surface area contributed by atoms with Gasteiger partial charge in [0.2, 0.25) is 5.95 Å². The standard InChI is InChI=1S/C20H24N6O/c1-14(2)18(13-27)25-20-24-17(15-6-5-8-21-11-15)10-19(26-20)23-12-16-7-3-4-9-22-16/h3-11,14,18,27H,12-13H2,1-2H3,(H2,23,24,25,26)/t18-/m1/s1. The second kappa shape index (κ2) is 9.05. The van der Waals surface area contributed by atoms with Gasteiger partial charge in [0.15, 0.2) is 0 Å². The number of aromatic nitrogens is 4. The fourth-order valence-electron chi connectivity index (χ4n) is 2.54. The van der Waals surface area contributed by atoms with Crippen molar-refractivity contribution in [3.05, 3.63) is 60.7 Å². The van der Waals surface area contributed by atoms with Crippen molar-refractivity contribution in [2.45, 2.75) is 26.4 Å². The fourth-order valence-corrected chi connectivity index (χ4v) is 2.54. The molecule has 0 radical (unpaired) electrons. The van der Waals surface area contributed by atoms with E-state index in [4.69, 9.17) is 0 Å². The van der Waals surface area contributed by atoms with Gasteiger partial charge in [-0.3, -0.25) is 9.97 Å². The average Bonchev–Trinajstić information content (AvgIpc) is 2.71. The van der Waals surface area contributed by atoms with Gasteiger partial charge in [0.25, 0.3) is 0 Å².